The smallest absolute Gasteiger partial charge is 0.312 e. The van der Waals surface area contributed by atoms with Crippen LogP contribution in [-0.4, -0.2) is 53.7 Å². The van der Waals surface area contributed by atoms with Crippen molar-refractivity contribution in [1.82, 2.24) is 9.88 Å². The van der Waals surface area contributed by atoms with Crippen molar-refractivity contribution in [2.24, 2.45) is 0 Å². The van der Waals surface area contributed by atoms with Crippen molar-refractivity contribution in [3.63, 3.8) is 0 Å². The van der Waals surface area contributed by atoms with Crippen LogP contribution in [0.25, 0.3) is 0 Å². The van der Waals surface area contributed by atoms with Crippen LogP contribution in [0.5, 0.6) is 0 Å². The first-order valence-corrected chi connectivity index (χ1v) is 6.85. The van der Waals surface area contributed by atoms with Crippen LogP contribution in [0.2, 0.25) is 5.02 Å². The van der Waals surface area contributed by atoms with Gasteiger partial charge in [-0.3, -0.25) is 15.0 Å². The maximum absolute atomic E-state index is 11.0. The highest BCUT2D eigenvalue weighted by atomic mass is 35.5. The third-order valence-corrected chi connectivity index (χ3v) is 3.40. The lowest BCUT2D eigenvalue weighted by atomic mass is 10.2. The number of hydrogen-bond donors (Lipinski definition) is 1. The van der Waals surface area contributed by atoms with Gasteiger partial charge in [-0.15, -0.1) is 0 Å². The van der Waals surface area contributed by atoms with Gasteiger partial charge < -0.3 is 10.1 Å². The van der Waals surface area contributed by atoms with Crippen LogP contribution in [0.3, 0.4) is 0 Å². The van der Waals surface area contributed by atoms with Crippen molar-refractivity contribution in [3.8, 4) is 0 Å². The normalized spacial score (nSPS) is 19.8. The van der Waals surface area contributed by atoms with Gasteiger partial charge in [0.05, 0.1) is 22.7 Å². The zero-order valence-corrected chi connectivity index (χ0v) is 12.0. The van der Waals surface area contributed by atoms with Crippen LogP contribution in [0.15, 0.2) is 12.3 Å². The summed E-state index contributed by atoms with van der Waals surface area (Å²) in [6.45, 7) is 5.96. The molecule has 0 spiro atoms. The molecule has 0 saturated carbocycles. The standard InChI is InChI=1S/C12H17ClN4O3/c1-2-16-3-4-20-10(8-16)7-15-12-11(17(18)19)5-9(13)6-14-12/h5-6,10H,2-4,7-8H2,1H3,(H,14,15). The number of rotatable bonds is 5. The molecule has 1 unspecified atom stereocenters. The van der Waals surface area contributed by atoms with Crippen LogP contribution in [-0.2, 0) is 4.74 Å². The number of aromatic nitrogens is 1. The van der Waals surface area contributed by atoms with E-state index < -0.39 is 4.92 Å². The summed E-state index contributed by atoms with van der Waals surface area (Å²) in [7, 11) is 0. The molecule has 0 aromatic carbocycles. The van der Waals surface area contributed by atoms with Crippen molar-refractivity contribution in [3.05, 3.63) is 27.4 Å². The molecule has 1 aromatic rings. The van der Waals surface area contributed by atoms with E-state index in [0.717, 1.165) is 19.6 Å². The van der Waals surface area contributed by atoms with Gasteiger partial charge >= 0.3 is 5.69 Å². The summed E-state index contributed by atoms with van der Waals surface area (Å²) in [4.78, 5) is 16.7. The van der Waals surface area contributed by atoms with Crippen molar-refractivity contribution in [2.45, 2.75) is 13.0 Å². The van der Waals surface area contributed by atoms with Crippen LogP contribution < -0.4 is 5.32 Å². The average molecular weight is 301 g/mol. The summed E-state index contributed by atoms with van der Waals surface area (Å²) in [5.41, 5.74) is -0.124. The highest BCUT2D eigenvalue weighted by Crippen LogP contribution is 2.25. The van der Waals surface area contributed by atoms with Gasteiger partial charge in [0, 0.05) is 31.9 Å². The number of morpholine rings is 1. The van der Waals surface area contributed by atoms with E-state index in [2.05, 4.69) is 22.1 Å². The molecule has 7 nitrogen and oxygen atoms in total. The molecule has 0 radical (unpaired) electrons. The van der Waals surface area contributed by atoms with E-state index in [1.165, 1.54) is 12.3 Å². The summed E-state index contributed by atoms with van der Waals surface area (Å²) in [6.07, 6.45) is 1.39. The lowest BCUT2D eigenvalue weighted by Crippen LogP contribution is -2.45. The number of ether oxygens (including phenoxy) is 1. The van der Waals surface area contributed by atoms with Gasteiger partial charge in [0.15, 0.2) is 0 Å². The first kappa shape index (κ1) is 15.0. The van der Waals surface area contributed by atoms with Gasteiger partial charge in [0.25, 0.3) is 0 Å². The number of likely N-dealkylation sites (N-methyl/N-ethyl adjacent to an activating group) is 1. The quantitative estimate of drug-likeness (QED) is 0.659. The van der Waals surface area contributed by atoms with E-state index in [4.69, 9.17) is 16.3 Å². The summed E-state index contributed by atoms with van der Waals surface area (Å²) in [5, 5.41) is 14.2. The molecule has 1 aliphatic heterocycles. The minimum absolute atomic E-state index is 0.000724. The zero-order valence-electron chi connectivity index (χ0n) is 11.2. The lowest BCUT2D eigenvalue weighted by Gasteiger charge is -2.32. The summed E-state index contributed by atoms with van der Waals surface area (Å²) in [6, 6.07) is 1.29. The Kier molecular flexibility index (Phi) is 5.11. The molecular weight excluding hydrogens is 284 g/mol. The molecule has 1 N–H and O–H groups in total. The second-order valence-corrected chi connectivity index (χ2v) is 4.98. The van der Waals surface area contributed by atoms with Crippen molar-refractivity contribution < 1.29 is 9.66 Å². The first-order valence-electron chi connectivity index (χ1n) is 6.48. The minimum atomic E-state index is -0.499. The van der Waals surface area contributed by atoms with Crippen LogP contribution in [0.4, 0.5) is 11.5 Å². The average Bonchev–Trinajstić information content (AvgIpc) is 2.46. The maximum atomic E-state index is 11.0. The number of anilines is 1. The lowest BCUT2D eigenvalue weighted by molar-refractivity contribution is -0.384. The maximum Gasteiger partial charge on any atom is 0.312 e. The molecular formula is C12H17ClN4O3. The molecule has 1 aromatic heterocycles. The predicted molar refractivity (Wildman–Crippen MR) is 76.2 cm³/mol. The monoisotopic (exact) mass is 300 g/mol. The molecule has 2 rings (SSSR count). The molecule has 1 atom stereocenters. The number of nitrogens with zero attached hydrogens (tertiary/aromatic N) is 3. The Bertz CT molecular complexity index is 486. The van der Waals surface area contributed by atoms with Crippen LogP contribution in [0, 0.1) is 10.1 Å². The Morgan fingerprint density at radius 3 is 3.20 bits per heavy atom. The Morgan fingerprint density at radius 2 is 2.50 bits per heavy atom. The first-order chi connectivity index (χ1) is 9.60. The topological polar surface area (TPSA) is 80.5 Å². The third kappa shape index (κ3) is 3.78. The Morgan fingerprint density at radius 1 is 1.70 bits per heavy atom. The Balaban J connectivity index is 1.98. The van der Waals surface area contributed by atoms with Crippen LogP contribution >= 0.6 is 11.6 Å². The third-order valence-electron chi connectivity index (χ3n) is 3.20. The SMILES string of the molecule is CCN1CCOC(CNc2ncc(Cl)cc2[N+](=O)[O-])C1. The summed E-state index contributed by atoms with van der Waals surface area (Å²) in [5.74, 6) is 0.219. The molecule has 1 saturated heterocycles. The number of nitrogens with one attached hydrogen (secondary N) is 1. The highest BCUT2D eigenvalue weighted by molar-refractivity contribution is 6.30. The van der Waals surface area contributed by atoms with Crippen molar-refractivity contribution in [2.75, 3.05) is 38.1 Å². The van der Waals surface area contributed by atoms with Gasteiger partial charge in [-0.2, -0.15) is 0 Å². The second-order valence-electron chi connectivity index (χ2n) is 4.55. The molecule has 0 amide bonds. The van der Waals surface area contributed by atoms with Gasteiger partial charge in [0.1, 0.15) is 0 Å². The van der Waals surface area contributed by atoms with Gasteiger partial charge in [-0.1, -0.05) is 18.5 Å². The van der Waals surface area contributed by atoms with E-state index in [0.29, 0.717) is 13.2 Å². The minimum Gasteiger partial charge on any atom is -0.374 e. The molecule has 8 heteroatoms. The Hall–Kier alpha value is -1.44. The summed E-state index contributed by atoms with van der Waals surface area (Å²) < 4.78 is 5.63. The second kappa shape index (κ2) is 6.83. The zero-order chi connectivity index (χ0) is 14.5. The van der Waals surface area contributed by atoms with Crippen molar-refractivity contribution in [1.29, 1.82) is 0 Å². The fraction of sp³-hybridized carbons (Fsp3) is 0.583. The largest absolute Gasteiger partial charge is 0.374 e. The molecule has 0 bridgehead atoms. The molecule has 1 fully saturated rings. The Labute approximate surface area is 122 Å². The van der Waals surface area contributed by atoms with E-state index in [9.17, 15) is 10.1 Å². The number of pyridine rings is 1. The molecule has 110 valence electrons. The predicted octanol–water partition coefficient (Wildman–Crippen LogP) is 1.78. The highest BCUT2D eigenvalue weighted by Gasteiger charge is 2.21. The van der Waals surface area contributed by atoms with Crippen molar-refractivity contribution >= 4 is 23.1 Å². The van der Waals surface area contributed by atoms with Gasteiger partial charge in [-0.25, -0.2) is 4.98 Å². The summed E-state index contributed by atoms with van der Waals surface area (Å²) >= 11 is 5.72. The van der Waals surface area contributed by atoms with Crippen LogP contribution in [0.1, 0.15) is 6.92 Å². The van der Waals surface area contributed by atoms with E-state index in [1.54, 1.807) is 0 Å². The fourth-order valence-electron chi connectivity index (χ4n) is 2.11. The number of halogens is 1. The number of nitro groups is 1. The molecule has 0 aliphatic carbocycles. The van der Waals surface area contributed by atoms with Gasteiger partial charge in [-0.05, 0) is 6.54 Å². The molecule has 2 heterocycles. The fourth-order valence-corrected chi connectivity index (χ4v) is 2.26. The van der Waals surface area contributed by atoms with E-state index in [-0.39, 0.29) is 22.6 Å². The number of hydrogen-bond acceptors (Lipinski definition) is 6. The molecule has 1 aliphatic rings. The van der Waals surface area contributed by atoms with E-state index in [1.807, 2.05) is 0 Å². The molecule has 20 heavy (non-hydrogen) atoms. The van der Waals surface area contributed by atoms with E-state index >= 15 is 0 Å². The van der Waals surface area contributed by atoms with Gasteiger partial charge in [0.2, 0.25) is 5.82 Å².